The maximum atomic E-state index is 4.83. The predicted molar refractivity (Wildman–Crippen MR) is 132 cm³/mol. The van der Waals surface area contributed by atoms with E-state index in [0.29, 0.717) is 12.5 Å². The first-order chi connectivity index (χ1) is 13.2. The lowest BCUT2D eigenvalue weighted by Crippen LogP contribution is -2.37. The number of aromatic nitrogens is 2. The first-order valence-corrected chi connectivity index (χ1v) is 11.8. The molecule has 0 aromatic carbocycles. The van der Waals surface area contributed by atoms with E-state index in [0.717, 1.165) is 42.6 Å². The third-order valence-electron chi connectivity index (χ3n) is 4.63. The highest BCUT2D eigenvalue weighted by atomic mass is 127. The molecular weight excluding hydrogens is 501 g/mol. The summed E-state index contributed by atoms with van der Waals surface area (Å²) in [6, 6.07) is 0. The minimum atomic E-state index is 0. The number of aliphatic imine (C=N–C) groups is 1. The largest absolute Gasteiger partial charge is 0.357 e. The molecule has 2 heterocycles. The summed E-state index contributed by atoms with van der Waals surface area (Å²) in [6.07, 6.45) is 7.17. The summed E-state index contributed by atoms with van der Waals surface area (Å²) in [5, 5.41) is 11.3. The molecule has 2 aromatic heterocycles. The van der Waals surface area contributed by atoms with Crippen LogP contribution in [-0.2, 0) is 25.8 Å². The van der Waals surface area contributed by atoms with E-state index in [1.165, 1.54) is 41.3 Å². The van der Waals surface area contributed by atoms with Gasteiger partial charge in [0.15, 0.2) is 5.96 Å². The predicted octanol–water partition coefficient (Wildman–Crippen LogP) is 4.91. The van der Waals surface area contributed by atoms with Gasteiger partial charge < -0.3 is 10.6 Å². The fourth-order valence-electron chi connectivity index (χ4n) is 3.11. The number of guanidine groups is 1. The Hall–Kier alpha value is -0.740. The lowest BCUT2D eigenvalue weighted by atomic mass is 10.0. The molecule has 0 atom stereocenters. The number of rotatable bonds is 8. The minimum absolute atomic E-state index is 0. The molecule has 3 rings (SSSR count). The quantitative estimate of drug-likeness (QED) is 0.219. The average Bonchev–Trinajstić information content (AvgIpc) is 3.29. The number of nitrogens with one attached hydrogen (secondary N) is 2. The number of hydrogen-bond donors (Lipinski definition) is 2. The normalized spacial score (nSPS) is 13.9. The van der Waals surface area contributed by atoms with Gasteiger partial charge in [-0.25, -0.2) is 15.0 Å². The van der Waals surface area contributed by atoms with Crippen molar-refractivity contribution in [2.45, 2.75) is 71.8 Å². The van der Waals surface area contributed by atoms with E-state index in [4.69, 9.17) is 4.98 Å². The van der Waals surface area contributed by atoms with Crippen LogP contribution in [0.15, 0.2) is 10.4 Å². The number of fused-ring (bicyclic) bond motifs is 1. The monoisotopic (exact) mass is 533 g/mol. The zero-order valence-electron chi connectivity index (χ0n) is 17.1. The first-order valence-electron chi connectivity index (χ1n) is 10.1. The Bertz CT molecular complexity index is 730. The minimum Gasteiger partial charge on any atom is -0.357 e. The second-order valence-electron chi connectivity index (χ2n) is 7.23. The van der Waals surface area contributed by atoms with Crippen LogP contribution >= 0.6 is 46.7 Å². The molecule has 28 heavy (non-hydrogen) atoms. The molecule has 156 valence electrons. The van der Waals surface area contributed by atoms with Gasteiger partial charge in [0.1, 0.15) is 5.01 Å². The Morgan fingerprint density at radius 3 is 2.71 bits per heavy atom. The molecule has 0 unspecified atom stereocenters. The summed E-state index contributed by atoms with van der Waals surface area (Å²) in [5.41, 5.74) is 2.53. The van der Waals surface area contributed by atoms with Crippen molar-refractivity contribution in [2.24, 2.45) is 4.99 Å². The van der Waals surface area contributed by atoms with E-state index in [1.54, 1.807) is 11.3 Å². The molecule has 0 aliphatic heterocycles. The second kappa shape index (κ2) is 12.1. The lowest BCUT2D eigenvalue weighted by Gasteiger charge is -2.10. The van der Waals surface area contributed by atoms with Crippen LogP contribution in [0.1, 0.15) is 72.2 Å². The van der Waals surface area contributed by atoms with Crippen LogP contribution in [0.2, 0.25) is 0 Å². The molecule has 0 bridgehead atoms. The number of thiazole rings is 2. The molecule has 0 radical (unpaired) electrons. The summed E-state index contributed by atoms with van der Waals surface area (Å²) in [4.78, 5) is 15.7. The standard InChI is InChI=1S/C20H31N5S2.HI/c1-4-21-20(23-12-19-25-16(13-26-19)14(2)3)22-11-7-10-18-24-15-8-5-6-9-17(15)27-18;/h13-14H,4-12H2,1-3H3,(H2,21,22,23);1H. The molecule has 0 fully saturated rings. The average molecular weight is 534 g/mol. The van der Waals surface area contributed by atoms with Crippen molar-refractivity contribution >= 4 is 52.6 Å². The van der Waals surface area contributed by atoms with Crippen molar-refractivity contribution in [3.63, 3.8) is 0 Å². The summed E-state index contributed by atoms with van der Waals surface area (Å²) in [6.45, 7) is 8.84. The molecule has 0 saturated heterocycles. The van der Waals surface area contributed by atoms with Crippen molar-refractivity contribution in [2.75, 3.05) is 13.1 Å². The first kappa shape index (κ1) is 23.5. The van der Waals surface area contributed by atoms with Crippen LogP contribution < -0.4 is 10.6 Å². The van der Waals surface area contributed by atoms with E-state index in [-0.39, 0.29) is 24.0 Å². The van der Waals surface area contributed by atoms with E-state index in [9.17, 15) is 0 Å². The van der Waals surface area contributed by atoms with Gasteiger partial charge in [-0.05, 0) is 44.9 Å². The fraction of sp³-hybridized carbons (Fsp3) is 0.650. The van der Waals surface area contributed by atoms with Gasteiger partial charge in [0.25, 0.3) is 0 Å². The van der Waals surface area contributed by atoms with Gasteiger partial charge >= 0.3 is 0 Å². The Labute approximate surface area is 193 Å². The highest BCUT2D eigenvalue weighted by molar-refractivity contribution is 14.0. The van der Waals surface area contributed by atoms with Crippen molar-refractivity contribution in [3.05, 3.63) is 31.7 Å². The van der Waals surface area contributed by atoms with Gasteiger partial charge in [0, 0.05) is 29.8 Å². The van der Waals surface area contributed by atoms with Crippen LogP contribution in [-0.4, -0.2) is 29.0 Å². The maximum Gasteiger partial charge on any atom is 0.191 e. The molecule has 1 aliphatic carbocycles. The number of nitrogens with zero attached hydrogens (tertiary/aromatic N) is 3. The van der Waals surface area contributed by atoms with Gasteiger partial charge in [0.05, 0.1) is 22.9 Å². The number of halogens is 1. The van der Waals surface area contributed by atoms with Crippen LogP contribution in [0.25, 0.3) is 0 Å². The maximum absolute atomic E-state index is 4.83. The molecule has 5 nitrogen and oxygen atoms in total. The van der Waals surface area contributed by atoms with Crippen molar-refractivity contribution in [3.8, 4) is 0 Å². The van der Waals surface area contributed by atoms with Crippen LogP contribution in [0.3, 0.4) is 0 Å². The Morgan fingerprint density at radius 2 is 2.00 bits per heavy atom. The topological polar surface area (TPSA) is 62.2 Å². The third kappa shape index (κ3) is 6.95. The lowest BCUT2D eigenvalue weighted by molar-refractivity contribution is 0.678. The Balaban J connectivity index is 0.00000280. The third-order valence-corrected chi connectivity index (χ3v) is 6.70. The molecule has 1 aliphatic rings. The van der Waals surface area contributed by atoms with E-state index < -0.39 is 0 Å². The smallest absolute Gasteiger partial charge is 0.191 e. The molecular formula is C20H32IN5S2. The highest BCUT2D eigenvalue weighted by Crippen LogP contribution is 2.27. The molecule has 2 aromatic rings. The zero-order chi connectivity index (χ0) is 19.1. The van der Waals surface area contributed by atoms with Crippen molar-refractivity contribution in [1.82, 2.24) is 20.6 Å². The van der Waals surface area contributed by atoms with Crippen LogP contribution in [0, 0.1) is 0 Å². The van der Waals surface area contributed by atoms with Crippen LogP contribution in [0.4, 0.5) is 0 Å². The van der Waals surface area contributed by atoms with Gasteiger partial charge in [-0.15, -0.1) is 46.7 Å². The number of hydrogen-bond acceptors (Lipinski definition) is 5. The van der Waals surface area contributed by atoms with Gasteiger partial charge in [0.2, 0.25) is 0 Å². The molecule has 0 amide bonds. The summed E-state index contributed by atoms with van der Waals surface area (Å²) >= 11 is 3.62. The highest BCUT2D eigenvalue weighted by Gasteiger charge is 2.14. The number of aryl methyl sites for hydroxylation is 3. The summed E-state index contributed by atoms with van der Waals surface area (Å²) < 4.78 is 0. The fourth-order valence-corrected chi connectivity index (χ4v) is 5.19. The molecule has 0 saturated carbocycles. The molecule has 0 spiro atoms. The Morgan fingerprint density at radius 1 is 1.18 bits per heavy atom. The summed E-state index contributed by atoms with van der Waals surface area (Å²) in [7, 11) is 0. The van der Waals surface area contributed by atoms with Gasteiger partial charge in [-0.2, -0.15) is 0 Å². The molecule has 2 N–H and O–H groups in total. The Kier molecular flexibility index (Phi) is 10.1. The zero-order valence-corrected chi connectivity index (χ0v) is 21.0. The van der Waals surface area contributed by atoms with Crippen LogP contribution in [0.5, 0.6) is 0 Å². The van der Waals surface area contributed by atoms with E-state index in [1.807, 2.05) is 11.3 Å². The van der Waals surface area contributed by atoms with Crippen molar-refractivity contribution < 1.29 is 0 Å². The summed E-state index contributed by atoms with van der Waals surface area (Å²) in [5.74, 6) is 1.35. The second-order valence-corrected chi connectivity index (χ2v) is 9.34. The molecule has 8 heteroatoms. The SMILES string of the molecule is CCNC(=NCc1nc(C(C)C)cs1)NCCCc1nc2c(s1)CCCC2.I. The van der Waals surface area contributed by atoms with Crippen molar-refractivity contribution in [1.29, 1.82) is 0 Å². The van der Waals surface area contributed by atoms with Gasteiger partial charge in [-0.3, -0.25) is 0 Å². The van der Waals surface area contributed by atoms with E-state index >= 15 is 0 Å². The van der Waals surface area contributed by atoms with Gasteiger partial charge in [-0.1, -0.05) is 13.8 Å². The van der Waals surface area contributed by atoms with E-state index in [2.05, 4.69) is 46.8 Å².